The van der Waals surface area contributed by atoms with E-state index in [1.807, 2.05) is 12.1 Å². The van der Waals surface area contributed by atoms with Crippen LogP contribution < -0.4 is 4.90 Å². The fourth-order valence-corrected chi connectivity index (χ4v) is 2.04. The van der Waals surface area contributed by atoms with Crippen molar-refractivity contribution in [3.63, 3.8) is 0 Å². The highest BCUT2D eigenvalue weighted by Gasteiger charge is 2.27. The van der Waals surface area contributed by atoms with Gasteiger partial charge in [0.25, 0.3) is 0 Å². The third-order valence-corrected chi connectivity index (χ3v) is 3.19. The van der Waals surface area contributed by atoms with E-state index in [0.29, 0.717) is 17.4 Å². The largest absolute Gasteiger partial charge is 0.355 e. The van der Waals surface area contributed by atoms with Gasteiger partial charge in [0.05, 0.1) is 5.56 Å². The lowest BCUT2D eigenvalue weighted by molar-refractivity contribution is 0.494. The Bertz CT molecular complexity index is 384. The van der Waals surface area contributed by atoms with Crippen LogP contribution in [-0.2, 0) is 0 Å². The van der Waals surface area contributed by atoms with E-state index >= 15 is 0 Å². The van der Waals surface area contributed by atoms with Gasteiger partial charge in [-0.25, -0.2) is 4.98 Å². The molecule has 1 aromatic rings. The van der Waals surface area contributed by atoms with Gasteiger partial charge in [0.2, 0.25) is 0 Å². The summed E-state index contributed by atoms with van der Waals surface area (Å²) in [5, 5.41) is 8.99. The van der Waals surface area contributed by atoms with Gasteiger partial charge < -0.3 is 4.90 Å². The van der Waals surface area contributed by atoms with Crippen LogP contribution in [0, 0.1) is 23.2 Å². The normalized spacial score (nSPS) is 25.3. The molecule has 1 saturated heterocycles. The Labute approximate surface area is 90.4 Å². The minimum Gasteiger partial charge on any atom is -0.355 e. The zero-order valence-electron chi connectivity index (χ0n) is 9.14. The fourth-order valence-electron chi connectivity index (χ4n) is 2.04. The smallest absolute Gasteiger partial charge is 0.146 e. The molecule has 15 heavy (non-hydrogen) atoms. The number of hydrogen-bond acceptors (Lipinski definition) is 3. The summed E-state index contributed by atoms with van der Waals surface area (Å²) in [6, 6.07) is 5.84. The molecule has 0 aromatic carbocycles. The van der Waals surface area contributed by atoms with Crippen LogP contribution in [-0.4, -0.2) is 18.1 Å². The van der Waals surface area contributed by atoms with Gasteiger partial charge in [-0.1, -0.05) is 13.8 Å². The molecular formula is C12H15N3. The van der Waals surface area contributed by atoms with E-state index in [9.17, 15) is 0 Å². The first kappa shape index (κ1) is 9.97. The molecule has 3 nitrogen and oxygen atoms in total. The van der Waals surface area contributed by atoms with Crippen LogP contribution >= 0.6 is 0 Å². The molecular weight excluding hydrogens is 186 g/mol. The summed E-state index contributed by atoms with van der Waals surface area (Å²) in [6.07, 6.45) is 1.75. The highest BCUT2D eigenvalue weighted by molar-refractivity contribution is 5.54. The van der Waals surface area contributed by atoms with Crippen LogP contribution in [0.5, 0.6) is 0 Å². The van der Waals surface area contributed by atoms with Crippen molar-refractivity contribution >= 4 is 5.82 Å². The zero-order valence-corrected chi connectivity index (χ0v) is 9.14. The summed E-state index contributed by atoms with van der Waals surface area (Å²) in [6.45, 7) is 6.51. The maximum atomic E-state index is 8.99. The molecule has 2 unspecified atom stereocenters. The van der Waals surface area contributed by atoms with Crippen LogP contribution in [0.1, 0.15) is 19.4 Å². The highest BCUT2D eigenvalue weighted by Crippen LogP contribution is 2.27. The van der Waals surface area contributed by atoms with E-state index in [1.165, 1.54) is 0 Å². The number of aromatic nitrogens is 1. The predicted molar refractivity (Wildman–Crippen MR) is 59.5 cm³/mol. The van der Waals surface area contributed by atoms with Crippen molar-refractivity contribution in [2.24, 2.45) is 11.8 Å². The van der Waals surface area contributed by atoms with Crippen LogP contribution in [0.15, 0.2) is 18.3 Å². The molecule has 78 valence electrons. The summed E-state index contributed by atoms with van der Waals surface area (Å²) < 4.78 is 0. The summed E-state index contributed by atoms with van der Waals surface area (Å²) in [5.74, 6) is 2.20. The molecule has 0 bridgehead atoms. The van der Waals surface area contributed by atoms with Crippen LogP contribution in [0.2, 0.25) is 0 Å². The number of anilines is 1. The average molecular weight is 201 g/mol. The molecule has 1 fully saturated rings. The summed E-state index contributed by atoms with van der Waals surface area (Å²) in [7, 11) is 0. The van der Waals surface area contributed by atoms with Gasteiger partial charge >= 0.3 is 0 Å². The Morgan fingerprint density at radius 3 is 2.67 bits per heavy atom. The molecule has 2 heterocycles. The minimum atomic E-state index is 0.679. The van der Waals surface area contributed by atoms with Gasteiger partial charge in [-0.2, -0.15) is 5.26 Å². The molecule has 1 aliphatic rings. The molecule has 2 rings (SSSR count). The minimum absolute atomic E-state index is 0.679. The first-order valence-electron chi connectivity index (χ1n) is 5.32. The maximum Gasteiger partial charge on any atom is 0.146 e. The van der Waals surface area contributed by atoms with Gasteiger partial charge in [-0.3, -0.25) is 0 Å². The molecule has 0 aliphatic carbocycles. The molecule has 0 spiro atoms. The van der Waals surface area contributed by atoms with E-state index in [0.717, 1.165) is 18.9 Å². The van der Waals surface area contributed by atoms with Crippen molar-refractivity contribution in [2.75, 3.05) is 18.0 Å². The molecule has 0 N–H and O–H groups in total. The van der Waals surface area contributed by atoms with Crippen molar-refractivity contribution in [3.8, 4) is 6.07 Å². The van der Waals surface area contributed by atoms with E-state index in [-0.39, 0.29) is 0 Å². The Balaban J connectivity index is 2.28. The lowest BCUT2D eigenvalue weighted by Gasteiger charge is -2.17. The standard InChI is InChI=1S/C12H15N3/c1-9-7-15(8-10(9)2)12-11(6-13)4-3-5-14-12/h3-5,9-10H,7-8H2,1-2H3. The Morgan fingerprint density at radius 1 is 1.40 bits per heavy atom. The van der Waals surface area contributed by atoms with Gasteiger partial charge in [-0.05, 0) is 24.0 Å². The van der Waals surface area contributed by atoms with Gasteiger partial charge in [0, 0.05) is 19.3 Å². The summed E-state index contributed by atoms with van der Waals surface area (Å²) >= 11 is 0. The summed E-state index contributed by atoms with van der Waals surface area (Å²) in [5.41, 5.74) is 0.679. The van der Waals surface area contributed by atoms with Crippen molar-refractivity contribution in [1.29, 1.82) is 5.26 Å². The fraction of sp³-hybridized carbons (Fsp3) is 0.500. The van der Waals surface area contributed by atoms with Crippen molar-refractivity contribution < 1.29 is 0 Å². The molecule has 1 aliphatic heterocycles. The van der Waals surface area contributed by atoms with Crippen LogP contribution in [0.4, 0.5) is 5.82 Å². The first-order chi connectivity index (χ1) is 7.22. The third kappa shape index (κ3) is 1.80. The monoisotopic (exact) mass is 201 g/mol. The Kier molecular flexibility index (Phi) is 2.59. The van der Waals surface area contributed by atoms with E-state index in [1.54, 1.807) is 6.20 Å². The molecule has 1 aromatic heterocycles. The van der Waals surface area contributed by atoms with E-state index < -0.39 is 0 Å². The second kappa shape index (κ2) is 3.90. The average Bonchev–Trinajstić information content (AvgIpc) is 2.59. The van der Waals surface area contributed by atoms with E-state index in [4.69, 9.17) is 5.26 Å². The Hall–Kier alpha value is -1.56. The lowest BCUT2D eigenvalue weighted by Crippen LogP contribution is -2.21. The number of pyridine rings is 1. The maximum absolute atomic E-state index is 8.99. The quantitative estimate of drug-likeness (QED) is 0.698. The van der Waals surface area contributed by atoms with Gasteiger partial charge in [0.15, 0.2) is 0 Å². The number of nitriles is 1. The molecule has 0 saturated carbocycles. The second-order valence-corrected chi connectivity index (χ2v) is 4.35. The SMILES string of the molecule is CC1CN(c2ncccc2C#N)CC1C. The molecule has 0 radical (unpaired) electrons. The molecule has 2 atom stereocenters. The Morgan fingerprint density at radius 2 is 2.07 bits per heavy atom. The van der Waals surface area contributed by atoms with Crippen molar-refractivity contribution in [3.05, 3.63) is 23.9 Å². The number of nitrogens with zero attached hydrogens (tertiary/aromatic N) is 3. The van der Waals surface area contributed by atoms with E-state index in [2.05, 4.69) is 29.8 Å². The predicted octanol–water partition coefficient (Wildman–Crippen LogP) is 2.05. The zero-order chi connectivity index (χ0) is 10.8. The third-order valence-electron chi connectivity index (χ3n) is 3.19. The molecule has 3 heteroatoms. The number of hydrogen-bond donors (Lipinski definition) is 0. The van der Waals surface area contributed by atoms with Gasteiger partial charge in [-0.15, -0.1) is 0 Å². The first-order valence-corrected chi connectivity index (χ1v) is 5.32. The summed E-state index contributed by atoms with van der Waals surface area (Å²) in [4.78, 5) is 6.52. The second-order valence-electron chi connectivity index (χ2n) is 4.35. The topological polar surface area (TPSA) is 39.9 Å². The number of rotatable bonds is 1. The highest BCUT2D eigenvalue weighted by atomic mass is 15.2. The molecule has 0 amide bonds. The van der Waals surface area contributed by atoms with Crippen molar-refractivity contribution in [2.45, 2.75) is 13.8 Å². The van der Waals surface area contributed by atoms with Crippen molar-refractivity contribution in [1.82, 2.24) is 4.98 Å². The van der Waals surface area contributed by atoms with Crippen LogP contribution in [0.25, 0.3) is 0 Å². The van der Waals surface area contributed by atoms with Crippen LogP contribution in [0.3, 0.4) is 0 Å². The van der Waals surface area contributed by atoms with Gasteiger partial charge in [0.1, 0.15) is 11.9 Å². The lowest BCUT2D eigenvalue weighted by atomic mass is 10.0.